The largest absolute Gasteiger partial charge is 0.355 e. The number of pyridine rings is 1. The van der Waals surface area contributed by atoms with E-state index in [9.17, 15) is 9.59 Å². The van der Waals surface area contributed by atoms with Gasteiger partial charge in [0, 0.05) is 43.9 Å². The zero-order chi connectivity index (χ0) is 17.3. The topological polar surface area (TPSA) is 92.2 Å². The summed E-state index contributed by atoms with van der Waals surface area (Å²) in [4.78, 5) is 30.0. The maximum Gasteiger partial charge on any atom is 0.321 e. The van der Waals surface area contributed by atoms with Gasteiger partial charge in [-0.3, -0.25) is 14.5 Å². The fourth-order valence-electron chi connectivity index (χ4n) is 3.52. The summed E-state index contributed by atoms with van der Waals surface area (Å²) in [6, 6.07) is 5.59. The number of nitrogens with zero attached hydrogens (tertiary/aromatic N) is 4. The summed E-state index contributed by atoms with van der Waals surface area (Å²) < 4.78 is 1.74. The molecule has 2 aromatic heterocycles. The van der Waals surface area contributed by atoms with E-state index >= 15 is 0 Å². The van der Waals surface area contributed by atoms with Gasteiger partial charge in [0.2, 0.25) is 5.91 Å². The standard InChI is InChI=1S/C17H20N6O2/c24-15-7-17(11-19-15)4-6-22(12-17)16(25)21-14-8-20-23(10-14)9-13-3-1-2-5-18-13/h1-3,5,8,10H,4,6-7,9,11-12H2,(H,19,24)(H,21,25). The molecule has 0 aliphatic carbocycles. The Balaban J connectivity index is 1.35. The van der Waals surface area contributed by atoms with E-state index < -0.39 is 0 Å². The molecule has 1 unspecified atom stereocenters. The molecule has 2 fully saturated rings. The van der Waals surface area contributed by atoms with E-state index in [1.165, 1.54) is 0 Å². The van der Waals surface area contributed by atoms with E-state index in [-0.39, 0.29) is 17.4 Å². The Labute approximate surface area is 145 Å². The van der Waals surface area contributed by atoms with Gasteiger partial charge in [0.05, 0.1) is 24.1 Å². The van der Waals surface area contributed by atoms with Crippen LogP contribution in [0.2, 0.25) is 0 Å². The van der Waals surface area contributed by atoms with Gasteiger partial charge in [0.15, 0.2) is 0 Å². The smallest absolute Gasteiger partial charge is 0.321 e. The Hall–Kier alpha value is -2.90. The van der Waals surface area contributed by atoms with Crippen LogP contribution < -0.4 is 10.6 Å². The van der Waals surface area contributed by atoms with Crippen molar-refractivity contribution in [1.29, 1.82) is 0 Å². The van der Waals surface area contributed by atoms with Gasteiger partial charge >= 0.3 is 6.03 Å². The van der Waals surface area contributed by atoms with Crippen LogP contribution in [0.3, 0.4) is 0 Å². The van der Waals surface area contributed by atoms with Crippen LogP contribution >= 0.6 is 0 Å². The van der Waals surface area contributed by atoms with Gasteiger partial charge in [-0.25, -0.2) is 4.79 Å². The number of rotatable bonds is 3. The number of likely N-dealkylation sites (tertiary alicyclic amines) is 1. The van der Waals surface area contributed by atoms with E-state index in [4.69, 9.17) is 0 Å². The monoisotopic (exact) mass is 340 g/mol. The SMILES string of the molecule is O=C1CC2(CCN(C(=O)Nc3cnn(Cc4ccccn4)c3)C2)CN1. The second kappa shape index (κ2) is 6.19. The van der Waals surface area contributed by atoms with Gasteiger partial charge in [-0.15, -0.1) is 0 Å². The molecule has 4 heterocycles. The van der Waals surface area contributed by atoms with Crippen molar-refractivity contribution in [2.45, 2.75) is 19.4 Å². The van der Waals surface area contributed by atoms with Crippen molar-refractivity contribution in [3.05, 3.63) is 42.5 Å². The number of hydrogen-bond donors (Lipinski definition) is 2. The number of anilines is 1. The predicted molar refractivity (Wildman–Crippen MR) is 90.8 cm³/mol. The molecule has 2 aliphatic heterocycles. The van der Waals surface area contributed by atoms with Gasteiger partial charge in [-0.2, -0.15) is 5.10 Å². The van der Waals surface area contributed by atoms with Crippen LogP contribution in [0.25, 0.3) is 0 Å². The molecule has 0 aromatic carbocycles. The molecule has 3 amide bonds. The van der Waals surface area contributed by atoms with Crippen LogP contribution in [0.1, 0.15) is 18.5 Å². The van der Waals surface area contributed by atoms with Crippen molar-refractivity contribution in [1.82, 2.24) is 25.0 Å². The number of amides is 3. The van der Waals surface area contributed by atoms with Crippen molar-refractivity contribution in [2.24, 2.45) is 5.41 Å². The molecular weight excluding hydrogens is 320 g/mol. The molecule has 8 nitrogen and oxygen atoms in total. The van der Waals surface area contributed by atoms with Crippen LogP contribution in [-0.2, 0) is 11.3 Å². The van der Waals surface area contributed by atoms with Gasteiger partial charge in [-0.1, -0.05) is 6.07 Å². The van der Waals surface area contributed by atoms with Crippen LogP contribution in [0.5, 0.6) is 0 Å². The zero-order valence-electron chi connectivity index (χ0n) is 13.8. The molecule has 1 spiro atoms. The summed E-state index contributed by atoms with van der Waals surface area (Å²) in [6.07, 6.45) is 6.54. The van der Waals surface area contributed by atoms with E-state index in [0.717, 1.165) is 12.1 Å². The number of nitrogens with one attached hydrogen (secondary N) is 2. The van der Waals surface area contributed by atoms with Crippen molar-refractivity contribution in [3.8, 4) is 0 Å². The minimum Gasteiger partial charge on any atom is -0.355 e. The summed E-state index contributed by atoms with van der Waals surface area (Å²) in [5, 5.41) is 10.0. The van der Waals surface area contributed by atoms with Gasteiger partial charge in [-0.05, 0) is 18.6 Å². The predicted octanol–water partition coefficient (Wildman–Crippen LogP) is 1.07. The first-order chi connectivity index (χ1) is 12.1. The first-order valence-electron chi connectivity index (χ1n) is 8.37. The molecule has 2 aliphatic rings. The first-order valence-corrected chi connectivity index (χ1v) is 8.37. The number of carbonyl (C=O) groups excluding carboxylic acids is 2. The highest BCUT2D eigenvalue weighted by atomic mass is 16.2. The van der Waals surface area contributed by atoms with Gasteiger partial charge in [0.25, 0.3) is 0 Å². The fraction of sp³-hybridized carbons (Fsp3) is 0.412. The van der Waals surface area contributed by atoms with E-state index in [0.29, 0.717) is 38.3 Å². The third-order valence-corrected chi connectivity index (χ3v) is 4.86. The summed E-state index contributed by atoms with van der Waals surface area (Å²) in [5.74, 6) is 0.0815. The highest BCUT2D eigenvalue weighted by Gasteiger charge is 2.45. The maximum absolute atomic E-state index is 12.5. The summed E-state index contributed by atoms with van der Waals surface area (Å²) >= 11 is 0. The van der Waals surface area contributed by atoms with Crippen molar-refractivity contribution in [3.63, 3.8) is 0 Å². The Bertz CT molecular complexity index is 789. The van der Waals surface area contributed by atoms with Crippen molar-refractivity contribution < 1.29 is 9.59 Å². The average Bonchev–Trinajstić information content (AvgIpc) is 3.31. The molecular formula is C17H20N6O2. The lowest BCUT2D eigenvalue weighted by Crippen LogP contribution is -2.36. The van der Waals surface area contributed by atoms with Gasteiger partial charge in [0.1, 0.15) is 0 Å². The molecule has 2 saturated heterocycles. The number of hydrogen-bond acceptors (Lipinski definition) is 4. The lowest BCUT2D eigenvalue weighted by molar-refractivity contribution is -0.119. The summed E-state index contributed by atoms with van der Waals surface area (Å²) in [7, 11) is 0. The second-order valence-electron chi connectivity index (χ2n) is 6.80. The Kier molecular flexibility index (Phi) is 3.87. The highest BCUT2D eigenvalue weighted by Crippen LogP contribution is 2.36. The summed E-state index contributed by atoms with van der Waals surface area (Å²) in [6.45, 7) is 2.50. The number of carbonyl (C=O) groups is 2. The van der Waals surface area contributed by atoms with Gasteiger partial charge < -0.3 is 15.5 Å². The molecule has 0 bridgehead atoms. The second-order valence-corrected chi connectivity index (χ2v) is 6.80. The quantitative estimate of drug-likeness (QED) is 0.874. The molecule has 0 saturated carbocycles. The summed E-state index contributed by atoms with van der Waals surface area (Å²) in [5.41, 5.74) is 1.48. The van der Waals surface area contributed by atoms with E-state index in [2.05, 4.69) is 20.7 Å². The molecule has 4 rings (SSSR count). The third kappa shape index (κ3) is 3.33. The van der Waals surface area contributed by atoms with Crippen LogP contribution in [0, 0.1) is 5.41 Å². The fourth-order valence-corrected chi connectivity index (χ4v) is 3.52. The van der Waals surface area contributed by atoms with Crippen LogP contribution in [0.4, 0.5) is 10.5 Å². The Morgan fingerprint density at radius 3 is 3.08 bits per heavy atom. The Morgan fingerprint density at radius 2 is 2.32 bits per heavy atom. The molecule has 0 radical (unpaired) electrons. The number of aromatic nitrogens is 3. The highest BCUT2D eigenvalue weighted by molar-refractivity contribution is 5.89. The van der Waals surface area contributed by atoms with Crippen molar-refractivity contribution >= 4 is 17.6 Å². The molecule has 2 aromatic rings. The van der Waals surface area contributed by atoms with E-state index in [1.807, 2.05) is 18.2 Å². The number of urea groups is 1. The maximum atomic E-state index is 12.5. The minimum absolute atomic E-state index is 0.0815. The van der Waals surface area contributed by atoms with Crippen molar-refractivity contribution in [2.75, 3.05) is 25.0 Å². The molecule has 8 heteroatoms. The normalized spacial score (nSPS) is 22.4. The molecule has 25 heavy (non-hydrogen) atoms. The van der Waals surface area contributed by atoms with E-state index in [1.54, 1.807) is 28.2 Å². The molecule has 1 atom stereocenters. The molecule has 130 valence electrons. The third-order valence-electron chi connectivity index (χ3n) is 4.86. The molecule has 2 N–H and O–H groups in total. The zero-order valence-corrected chi connectivity index (χ0v) is 13.8. The Morgan fingerprint density at radius 1 is 1.40 bits per heavy atom. The van der Waals surface area contributed by atoms with Crippen LogP contribution in [0.15, 0.2) is 36.8 Å². The lowest BCUT2D eigenvalue weighted by Gasteiger charge is -2.21. The average molecular weight is 340 g/mol. The lowest BCUT2D eigenvalue weighted by atomic mass is 9.86. The van der Waals surface area contributed by atoms with Crippen LogP contribution in [-0.4, -0.2) is 51.2 Å². The first kappa shape index (κ1) is 15.6. The minimum atomic E-state index is -0.145.